The minimum atomic E-state index is -3.09. The Morgan fingerprint density at radius 2 is 1.94 bits per heavy atom. The molecule has 2 aromatic rings. The molecule has 1 aliphatic rings. The zero-order valence-electron chi connectivity index (χ0n) is 17.8. The number of hydrogen-bond acceptors (Lipinski definition) is 8. The van der Waals surface area contributed by atoms with Crippen LogP contribution in [0, 0.1) is 5.92 Å². The number of esters is 2. The van der Waals surface area contributed by atoms with Crippen molar-refractivity contribution in [2.45, 2.75) is 32.8 Å². The summed E-state index contributed by atoms with van der Waals surface area (Å²) in [5.74, 6) is -2.04. The molecule has 2 unspecified atom stereocenters. The maximum absolute atomic E-state index is 12.6. The first-order valence-electron chi connectivity index (χ1n) is 10.3. The second-order valence-corrected chi connectivity index (χ2v) is 10.8. The van der Waals surface area contributed by atoms with E-state index >= 15 is 0 Å². The van der Waals surface area contributed by atoms with E-state index in [0.717, 1.165) is 10.4 Å². The summed E-state index contributed by atoms with van der Waals surface area (Å²) in [6.07, 6.45) is -0.752. The van der Waals surface area contributed by atoms with Crippen molar-refractivity contribution in [2.75, 3.05) is 23.4 Å². The van der Waals surface area contributed by atoms with Crippen LogP contribution in [0.1, 0.15) is 37.0 Å². The summed E-state index contributed by atoms with van der Waals surface area (Å²) >= 11 is 1.22. The Labute approximate surface area is 190 Å². The summed E-state index contributed by atoms with van der Waals surface area (Å²) in [5, 5.41) is 2.96. The quantitative estimate of drug-likeness (QED) is 0.578. The lowest BCUT2D eigenvalue weighted by atomic mass is 10.1. The van der Waals surface area contributed by atoms with Gasteiger partial charge in [0, 0.05) is 11.3 Å². The van der Waals surface area contributed by atoms with E-state index < -0.39 is 33.8 Å². The molecule has 2 atom stereocenters. The van der Waals surface area contributed by atoms with Crippen LogP contribution in [0.5, 0.6) is 0 Å². The summed E-state index contributed by atoms with van der Waals surface area (Å²) in [6.45, 7) is 3.31. The van der Waals surface area contributed by atoms with Gasteiger partial charge in [-0.15, -0.1) is 11.3 Å². The molecule has 1 amide bonds. The van der Waals surface area contributed by atoms with Crippen LogP contribution in [0.3, 0.4) is 0 Å². The number of sulfone groups is 1. The number of anilines is 1. The Morgan fingerprint density at radius 3 is 2.56 bits per heavy atom. The highest BCUT2D eigenvalue weighted by Crippen LogP contribution is 2.36. The largest absolute Gasteiger partial charge is 0.462 e. The normalized spacial score (nSPS) is 18.0. The van der Waals surface area contributed by atoms with E-state index in [9.17, 15) is 22.8 Å². The molecule has 0 bridgehead atoms. The van der Waals surface area contributed by atoms with Gasteiger partial charge in [-0.25, -0.2) is 13.2 Å². The van der Waals surface area contributed by atoms with Gasteiger partial charge in [-0.3, -0.25) is 9.59 Å². The molecule has 8 nitrogen and oxygen atoms in total. The molecule has 1 saturated heterocycles. The average Bonchev–Trinajstić information content (AvgIpc) is 3.31. The van der Waals surface area contributed by atoms with Gasteiger partial charge in [-0.05, 0) is 37.8 Å². The van der Waals surface area contributed by atoms with Crippen LogP contribution in [0.2, 0.25) is 0 Å². The third-order valence-electron chi connectivity index (χ3n) is 4.98. The molecule has 10 heteroatoms. The van der Waals surface area contributed by atoms with Crippen LogP contribution in [-0.4, -0.2) is 50.5 Å². The monoisotopic (exact) mass is 479 g/mol. The molecule has 1 aromatic heterocycles. The highest BCUT2D eigenvalue weighted by molar-refractivity contribution is 7.91. The first-order valence-corrected chi connectivity index (χ1v) is 12.9. The second kappa shape index (κ2) is 10.3. The fraction of sp³-hybridized carbons (Fsp3) is 0.409. The molecule has 1 aliphatic heterocycles. The van der Waals surface area contributed by atoms with Gasteiger partial charge in [0.15, 0.2) is 15.9 Å². The fourth-order valence-corrected chi connectivity index (χ4v) is 6.29. The van der Waals surface area contributed by atoms with Crippen molar-refractivity contribution in [2.24, 2.45) is 5.92 Å². The summed E-state index contributed by atoms with van der Waals surface area (Å²) in [5.41, 5.74) is 1.10. The molecule has 172 valence electrons. The first kappa shape index (κ1) is 23.9. The van der Waals surface area contributed by atoms with E-state index in [0.29, 0.717) is 11.4 Å². The molecule has 1 N–H and O–H groups in total. The molecular weight excluding hydrogens is 454 g/mol. The van der Waals surface area contributed by atoms with E-state index in [-0.39, 0.29) is 36.0 Å². The minimum Gasteiger partial charge on any atom is -0.462 e. The van der Waals surface area contributed by atoms with Crippen molar-refractivity contribution in [1.29, 1.82) is 0 Å². The zero-order chi connectivity index (χ0) is 23.3. The molecular formula is C22H25NO7S2. The lowest BCUT2D eigenvalue weighted by Gasteiger charge is -2.14. The van der Waals surface area contributed by atoms with Crippen molar-refractivity contribution in [3.05, 3.63) is 42.0 Å². The number of thiophene rings is 1. The molecule has 1 fully saturated rings. The molecule has 0 saturated carbocycles. The predicted molar refractivity (Wildman–Crippen MR) is 121 cm³/mol. The van der Waals surface area contributed by atoms with E-state index in [4.69, 9.17) is 9.47 Å². The van der Waals surface area contributed by atoms with Crippen molar-refractivity contribution in [1.82, 2.24) is 0 Å². The zero-order valence-corrected chi connectivity index (χ0v) is 19.5. The number of nitrogens with one attached hydrogen (secondary N) is 1. The Hall–Kier alpha value is -2.72. The summed E-state index contributed by atoms with van der Waals surface area (Å²) < 4.78 is 33.4. The van der Waals surface area contributed by atoms with E-state index in [1.807, 2.05) is 30.3 Å². The van der Waals surface area contributed by atoms with Crippen LogP contribution in [0.4, 0.5) is 5.00 Å². The van der Waals surface area contributed by atoms with Crippen LogP contribution in [0.15, 0.2) is 36.4 Å². The van der Waals surface area contributed by atoms with Crippen molar-refractivity contribution in [3.63, 3.8) is 0 Å². The summed E-state index contributed by atoms with van der Waals surface area (Å²) in [4.78, 5) is 38.0. The maximum Gasteiger partial charge on any atom is 0.341 e. The number of amides is 1. The fourth-order valence-electron chi connectivity index (χ4n) is 3.37. The smallest absolute Gasteiger partial charge is 0.341 e. The standard InChI is InChI=1S/C22H25NO7S2/c1-3-29-22(26)17-12-18(16-7-5-4-6-8-16)31-21(17)23-20(25)14(2)30-19(24)11-15-9-10-32(27,28)13-15/h4-8,12,14-15H,3,9-11,13H2,1-2H3,(H,23,25). The van der Waals surface area contributed by atoms with Gasteiger partial charge < -0.3 is 14.8 Å². The van der Waals surface area contributed by atoms with Crippen LogP contribution in [0.25, 0.3) is 10.4 Å². The number of carbonyl (C=O) groups is 3. The van der Waals surface area contributed by atoms with Gasteiger partial charge in [0.05, 0.1) is 23.7 Å². The molecule has 0 radical (unpaired) electrons. The van der Waals surface area contributed by atoms with Gasteiger partial charge in [-0.2, -0.15) is 0 Å². The third kappa shape index (κ3) is 6.17. The van der Waals surface area contributed by atoms with Gasteiger partial charge in [-0.1, -0.05) is 30.3 Å². The maximum atomic E-state index is 12.6. The Balaban J connectivity index is 1.68. The van der Waals surface area contributed by atoms with E-state index in [2.05, 4.69) is 5.32 Å². The van der Waals surface area contributed by atoms with Gasteiger partial charge in [0.1, 0.15) is 5.00 Å². The Bertz CT molecular complexity index is 1090. The third-order valence-corrected chi connectivity index (χ3v) is 7.92. The topological polar surface area (TPSA) is 116 Å². The summed E-state index contributed by atoms with van der Waals surface area (Å²) in [6, 6.07) is 11.1. The number of rotatable bonds is 8. The molecule has 1 aromatic carbocycles. The average molecular weight is 480 g/mol. The van der Waals surface area contributed by atoms with Gasteiger partial charge in [0.25, 0.3) is 5.91 Å². The SMILES string of the molecule is CCOC(=O)c1cc(-c2ccccc2)sc1NC(=O)C(C)OC(=O)CC1CCS(=O)(=O)C1. The molecule has 0 aliphatic carbocycles. The second-order valence-electron chi connectivity index (χ2n) is 7.53. The molecule has 2 heterocycles. The van der Waals surface area contributed by atoms with Crippen LogP contribution in [-0.2, 0) is 28.9 Å². The van der Waals surface area contributed by atoms with Gasteiger partial charge in [0.2, 0.25) is 0 Å². The van der Waals surface area contributed by atoms with Crippen molar-refractivity contribution < 1.29 is 32.3 Å². The van der Waals surface area contributed by atoms with Crippen molar-refractivity contribution >= 4 is 44.0 Å². The predicted octanol–water partition coefficient (Wildman–Crippen LogP) is 3.29. The highest BCUT2D eigenvalue weighted by Gasteiger charge is 2.31. The Morgan fingerprint density at radius 1 is 1.22 bits per heavy atom. The molecule has 0 spiro atoms. The van der Waals surface area contributed by atoms with E-state index in [1.54, 1.807) is 13.0 Å². The van der Waals surface area contributed by atoms with E-state index in [1.165, 1.54) is 18.3 Å². The number of hydrogen-bond donors (Lipinski definition) is 1. The highest BCUT2D eigenvalue weighted by atomic mass is 32.2. The van der Waals surface area contributed by atoms with Crippen LogP contribution < -0.4 is 5.32 Å². The minimum absolute atomic E-state index is 0.0387. The number of ether oxygens (including phenoxy) is 2. The van der Waals surface area contributed by atoms with Crippen molar-refractivity contribution in [3.8, 4) is 10.4 Å². The van der Waals surface area contributed by atoms with Gasteiger partial charge >= 0.3 is 11.9 Å². The number of carbonyl (C=O) groups excluding carboxylic acids is 3. The molecule has 3 rings (SSSR count). The lowest BCUT2D eigenvalue weighted by Crippen LogP contribution is -2.30. The molecule has 32 heavy (non-hydrogen) atoms. The number of benzene rings is 1. The lowest BCUT2D eigenvalue weighted by molar-refractivity contribution is -0.153. The Kier molecular flexibility index (Phi) is 7.68. The first-order chi connectivity index (χ1) is 15.2. The summed E-state index contributed by atoms with van der Waals surface area (Å²) in [7, 11) is -3.09. The van der Waals surface area contributed by atoms with Crippen LogP contribution >= 0.6 is 11.3 Å².